The standard InChI is InChI=1S/C22H27FN2O2.ClH/c1-24-20(14-16-6-4-3-5-7-16)22(26)25-12-10-17(11-13-25)19-15-18(23)8-9-21(19)27-2;/h3-9,15,17,20,24H,10-14H2,1-2H3;1H/t20-;/m1./s1. The molecular formula is C22H28ClFN2O2. The minimum atomic E-state index is -0.248. The molecule has 3 rings (SSSR count). The largest absolute Gasteiger partial charge is 0.496 e. The van der Waals surface area contributed by atoms with Gasteiger partial charge in [-0.05, 0) is 56.0 Å². The van der Waals surface area contributed by atoms with Gasteiger partial charge in [-0.2, -0.15) is 0 Å². The summed E-state index contributed by atoms with van der Waals surface area (Å²) in [6, 6.07) is 14.5. The van der Waals surface area contributed by atoms with Gasteiger partial charge in [0.05, 0.1) is 13.2 Å². The molecule has 1 amide bonds. The summed E-state index contributed by atoms with van der Waals surface area (Å²) in [5.74, 6) is 0.814. The number of rotatable bonds is 6. The Balaban J connectivity index is 0.00000280. The molecule has 2 aromatic carbocycles. The fourth-order valence-electron chi connectivity index (χ4n) is 3.82. The van der Waals surface area contributed by atoms with Crippen molar-refractivity contribution < 1.29 is 13.9 Å². The van der Waals surface area contributed by atoms with Gasteiger partial charge in [0.1, 0.15) is 11.6 Å². The lowest BCUT2D eigenvalue weighted by atomic mass is 9.88. The Morgan fingerprint density at radius 3 is 2.50 bits per heavy atom. The predicted octanol–water partition coefficient (Wildman–Crippen LogP) is 3.79. The van der Waals surface area contributed by atoms with E-state index in [9.17, 15) is 9.18 Å². The number of likely N-dealkylation sites (N-methyl/N-ethyl adjacent to an activating group) is 1. The van der Waals surface area contributed by atoms with Gasteiger partial charge in [-0.15, -0.1) is 12.4 Å². The Bertz CT molecular complexity index is 764. The zero-order chi connectivity index (χ0) is 19.2. The predicted molar refractivity (Wildman–Crippen MR) is 112 cm³/mol. The van der Waals surface area contributed by atoms with Crippen LogP contribution in [-0.4, -0.2) is 44.1 Å². The number of hydrogen-bond donors (Lipinski definition) is 1. The van der Waals surface area contributed by atoms with Crippen molar-refractivity contribution >= 4 is 18.3 Å². The maximum atomic E-state index is 13.7. The summed E-state index contributed by atoms with van der Waals surface area (Å²) < 4.78 is 19.1. The smallest absolute Gasteiger partial charge is 0.240 e. The molecule has 1 heterocycles. The van der Waals surface area contributed by atoms with E-state index in [4.69, 9.17) is 4.74 Å². The second-order valence-electron chi connectivity index (χ2n) is 7.02. The molecule has 0 saturated carbocycles. The summed E-state index contributed by atoms with van der Waals surface area (Å²) in [6.45, 7) is 1.35. The molecule has 1 saturated heterocycles. The monoisotopic (exact) mass is 406 g/mol. The highest BCUT2D eigenvalue weighted by Crippen LogP contribution is 2.34. The summed E-state index contributed by atoms with van der Waals surface area (Å²) in [4.78, 5) is 14.9. The van der Waals surface area contributed by atoms with Crippen molar-refractivity contribution in [1.29, 1.82) is 0 Å². The summed E-state index contributed by atoms with van der Waals surface area (Å²) in [5.41, 5.74) is 2.05. The Hall–Kier alpha value is -2.11. The molecule has 28 heavy (non-hydrogen) atoms. The van der Waals surface area contributed by atoms with Gasteiger partial charge in [-0.25, -0.2) is 4.39 Å². The van der Waals surface area contributed by atoms with Gasteiger partial charge < -0.3 is 15.0 Å². The lowest BCUT2D eigenvalue weighted by Crippen LogP contribution is -2.49. The number of nitrogens with one attached hydrogen (secondary N) is 1. The third kappa shape index (κ3) is 5.24. The first-order valence-electron chi connectivity index (χ1n) is 9.45. The lowest BCUT2D eigenvalue weighted by molar-refractivity contribution is -0.134. The van der Waals surface area contributed by atoms with Crippen LogP contribution in [0.4, 0.5) is 4.39 Å². The number of nitrogens with zero attached hydrogens (tertiary/aromatic N) is 1. The van der Waals surface area contributed by atoms with Crippen LogP contribution in [-0.2, 0) is 11.2 Å². The first-order chi connectivity index (χ1) is 13.1. The van der Waals surface area contributed by atoms with Gasteiger partial charge in [0, 0.05) is 18.7 Å². The lowest BCUT2D eigenvalue weighted by Gasteiger charge is -2.35. The zero-order valence-electron chi connectivity index (χ0n) is 16.4. The minimum Gasteiger partial charge on any atom is -0.496 e. The number of likely N-dealkylation sites (tertiary alicyclic amines) is 1. The fraction of sp³-hybridized carbons (Fsp3) is 0.409. The van der Waals surface area contributed by atoms with E-state index in [2.05, 4.69) is 5.32 Å². The number of methoxy groups -OCH3 is 1. The van der Waals surface area contributed by atoms with Crippen molar-refractivity contribution in [2.75, 3.05) is 27.2 Å². The molecular weight excluding hydrogens is 379 g/mol. The summed E-state index contributed by atoms with van der Waals surface area (Å²) in [6.07, 6.45) is 2.30. The molecule has 0 aromatic heterocycles. The van der Waals surface area contributed by atoms with E-state index in [0.717, 1.165) is 29.7 Å². The number of benzene rings is 2. The van der Waals surface area contributed by atoms with Gasteiger partial charge >= 0.3 is 0 Å². The topological polar surface area (TPSA) is 41.6 Å². The van der Waals surface area contributed by atoms with E-state index in [1.54, 1.807) is 19.2 Å². The molecule has 1 fully saturated rings. The second kappa shape index (κ2) is 10.4. The van der Waals surface area contributed by atoms with Gasteiger partial charge in [-0.1, -0.05) is 30.3 Å². The Morgan fingerprint density at radius 2 is 1.89 bits per heavy atom. The van der Waals surface area contributed by atoms with Crippen LogP contribution >= 0.6 is 12.4 Å². The van der Waals surface area contributed by atoms with Crippen LogP contribution in [0.1, 0.15) is 29.9 Å². The number of carbonyl (C=O) groups excluding carboxylic acids is 1. The average molecular weight is 407 g/mol. The molecule has 2 aromatic rings. The Kier molecular flexibility index (Phi) is 8.27. The highest BCUT2D eigenvalue weighted by Gasteiger charge is 2.29. The molecule has 0 aliphatic carbocycles. The van der Waals surface area contributed by atoms with Crippen molar-refractivity contribution in [2.45, 2.75) is 31.2 Å². The summed E-state index contributed by atoms with van der Waals surface area (Å²) in [5, 5.41) is 3.16. The molecule has 0 unspecified atom stereocenters. The maximum Gasteiger partial charge on any atom is 0.240 e. The summed E-state index contributed by atoms with van der Waals surface area (Å²) in [7, 11) is 3.44. The SMILES string of the molecule is CN[C@H](Cc1ccccc1)C(=O)N1CCC(c2cc(F)ccc2OC)CC1.Cl. The molecule has 0 bridgehead atoms. The van der Waals surface area contributed by atoms with Crippen LogP contribution in [0.25, 0.3) is 0 Å². The van der Waals surface area contributed by atoms with Gasteiger partial charge in [-0.3, -0.25) is 4.79 Å². The van der Waals surface area contributed by atoms with E-state index >= 15 is 0 Å². The molecule has 1 aliphatic heterocycles. The van der Waals surface area contributed by atoms with Crippen molar-refractivity contribution in [1.82, 2.24) is 10.2 Å². The third-order valence-electron chi connectivity index (χ3n) is 5.37. The number of hydrogen-bond acceptors (Lipinski definition) is 3. The van der Waals surface area contributed by atoms with E-state index < -0.39 is 0 Å². The highest BCUT2D eigenvalue weighted by atomic mass is 35.5. The fourth-order valence-corrected chi connectivity index (χ4v) is 3.82. The second-order valence-corrected chi connectivity index (χ2v) is 7.02. The van der Waals surface area contributed by atoms with Crippen molar-refractivity contribution in [2.24, 2.45) is 0 Å². The van der Waals surface area contributed by atoms with Crippen LogP contribution in [0.5, 0.6) is 5.75 Å². The number of carbonyl (C=O) groups is 1. The van der Waals surface area contributed by atoms with Gasteiger partial charge in [0.25, 0.3) is 0 Å². The van der Waals surface area contributed by atoms with Gasteiger partial charge in [0.2, 0.25) is 5.91 Å². The van der Waals surface area contributed by atoms with Crippen molar-refractivity contribution in [3.8, 4) is 5.75 Å². The number of halogens is 2. The molecule has 1 N–H and O–H groups in total. The van der Waals surface area contributed by atoms with Crippen LogP contribution in [0.2, 0.25) is 0 Å². The van der Waals surface area contributed by atoms with E-state index in [0.29, 0.717) is 19.5 Å². The van der Waals surface area contributed by atoms with Crippen LogP contribution in [0, 0.1) is 5.82 Å². The molecule has 0 radical (unpaired) electrons. The molecule has 1 aliphatic rings. The Morgan fingerprint density at radius 1 is 1.21 bits per heavy atom. The number of piperidine rings is 1. The first-order valence-corrected chi connectivity index (χ1v) is 9.45. The molecule has 4 nitrogen and oxygen atoms in total. The van der Waals surface area contributed by atoms with E-state index in [1.807, 2.05) is 42.3 Å². The molecule has 0 spiro atoms. The first kappa shape index (κ1) is 22.2. The van der Waals surface area contributed by atoms with Gasteiger partial charge in [0.15, 0.2) is 0 Å². The van der Waals surface area contributed by atoms with Crippen LogP contribution in [0.3, 0.4) is 0 Å². The number of ether oxygens (including phenoxy) is 1. The molecule has 6 heteroatoms. The molecule has 1 atom stereocenters. The average Bonchev–Trinajstić information content (AvgIpc) is 2.72. The molecule has 152 valence electrons. The summed E-state index contributed by atoms with van der Waals surface area (Å²) >= 11 is 0. The Labute approximate surface area is 172 Å². The highest BCUT2D eigenvalue weighted by molar-refractivity contribution is 5.85. The van der Waals surface area contributed by atoms with E-state index in [1.165, 1.54) is 6.07 Å². The van der Waals surface area contributed by atoms with Crippen LogP contribution in [0.15, 0.2) is 48.5 Å². The quantitative estimate of drug-likeness (QED) is 0.793. The van der Waals surface area contributed by atoms with Crippen LogP contribution < -0.4 is 10.1 Å². The maximum absolute atomic E-state index is 13.7. The third-order valence-corrected chi connectivity index (χ3v) is 5.37. The number of amides is 1. The minimum absolute atomic E-state index is 0. The van der Waals surface area contributed by atoms with Crippen molar-refractivity contribution in [3.05, 3.63) is 65.5 Å². The normalized spacial score (nSPS) is 15.6. The van der Waals surface area contributed by atoms with E-state index in [-0.39, 0.29) is 36.1 Å². The zero-order valence-corrected chi connectivity index (χ0v) is 17.2. The van der Waals surface area contributed by atoms with Crippen molar-refractivity contribution in [3.63, 3.8) is 0 Å².